The van der Waals surface area contributed by atoms with E-state index in [0.29, 0.717) is 16.6 Å². The van der Waals surface area contributed by atoms with Gasteiger partial charge in [0.1, 0.15) is 9.71 Å². The summed E-state index contributed by atoms with van der Waals surface area (Å²) in [7, 11) is 0. The van der Waals surface area contributed by atoms with Gasteiger partial charge in [-0.1, -0.05) is 0 Å². The summed E-state index contributed by atoms with van der Waals surface area (Å²) in [4.78, 5) is 18.3. The van der Waals surface area contributed by atoms with Crippen LogP contribution in [0.25, 0.3) is 10.2 Å². The van der Waals surface area contributed by atoms with Crippen LogP contribution in [0.15, 0.2) is 6.07 Å². The average Bonchev–Trinajstić information content (AvgIpc) is 2.99. The number of pyridine rings is 1. The Hall–Kier alpha value is -1.62. The van der Waals surface area contributed by atoms with Crippen molar-refractivity contribution >= 4 is 33.1 Å². The highest BCUT2D eigenvalue weighted by molar-refractivity contribution is 7.21. The molecule has 19 heavy (non-hydrogen) atoms. The molecule has 0 spiro atoms. The molecule has 1 amide bonds. The fourth-order valence-electron chi connectivity index (χ4n) is 2.65. The average molecular weight is 273 g/mol. The van der Waals surface area contributed by atoms with Crippen LogP contribution in [0.1, 0.15) is 40.2 Å². The Morgan fingerprint density at radius 3 is 3.05 bits per heavy atom. The Labute approximate surface area is 115 Å². The van der Waals surface area contributed by atoms with Gasteiger partial charge in [-0.25, -0.2) is 4.98 Å². The van der Waals surface area contributed by atoms with Gasteiger partial charge in [-0.15, -0.1) is 11.3 Å². The summed E-state index contributed by atoms with van der Waals surface area (Å²) >= 11 is 1.42. The lowest BCUT2D eigenvalue weighted by Gasteiger charge is -2.01. The van der Waals surface area contributed by atoms with Crippen molar-refractivity contribution in [1.82, 2.24) is 10.3 Å². The number of aryl methyl sites for hydroxylation is 2. The van der Waals surface area contributed by atoms with Crippen LogP contribution in [0.4, 0.5) is 5.69 Å². The second-order valence-corrected chi connectivity index (χ2v) is 6.39. The van der Waals surface area contributed by atoms with Crippen LogP contribution in [-0.4, -0.2) is 16.9 Å². The van der Waals surface area contributed by atoms with Crippen molar-refractivity contribution in [3.8, 4) is 0 Å². The van der Waals surface area contributed by atoms with Crippen LogP contribution in [-0.2, 0) is 12.8 Å². The van der Waals surface area contributed by atoms with Crippen molar-refractivity contribution in [3.05, 3.63) is 22.2 Å². The van der Waals surface area contributed by atoms with Crippen molar-refractivity contribution in [2.45, 2.75) is 38.1 Å². The summed E-state index contributed by atoms with van der Waals surface area (Å²) in [6.45, 7) is 0. The number of carbonyl (C=O) groups is 1. The molecule has 0 unspecified atom stereocenters. The molecule has 1 fully saturated rings. The molecule has 4 nitrogen and oxygen atoms in total. The summed E-state index contributed by atoms with van der Waals surface area (Å²) in [5, 5.41) is 3.94. The van der Waals surface area contributed by atoms with Crippen LogP contribution in [0, 0.1) is 0 Å². The first-order valence-corrected chi connectivity index (χ1v) is 7.55. The van der Waals surface area contributed by atoms with E-state index in [0.717, 1.165) is 35.9 Å². The van der Waals surface area contributed by atoms with Crippen LogP contribution in [0.3, 0.4) is 0 Å². The van der Waals surface area contributed by atoms with Crippen molar-refractivity contribution in [3.63, 3.8) is 0 Å². The summed E-state index contributed by atoms with van der Waals surface area (Å²) < 4.78 is 0. The molecular weight excluding hydrogens is 258 g/mol. The lowest BCUT2D eigenvalue weighted by molar-refractivity contribution is 0.0956. The normalized spacial score (nSPS) is 17.7. The smallest absolute Gasteiger partial charge is 0.263 e. The van der Waals surface area contributed by atoms with E-state index < -0.39 is 0 Å². The van der Waals surface area contributed by atoms with Crippen molar-refractivity contribution in [2.24, 2.45) is 0 Å². The Kier molecular flexibility index (Phi) is 2.33. The molecular formula is C14H15N3OS. The highest BCUT2D eigenvalue weighted by atomic mass is 32.1. The standard InChI is InChI=1S/C14H15N3OS/c15-11-9-6-7-2-1-3-10(7)17-14(9)19-12(11)13(18)16-8-4-5-8/h6,8H,1-5,15H2,(H,16,18). The van der Waals surface area contributed by atoms with E-state index in [2.05, 4.69) is 16.4 Å². The molecule has 98 valence electrons. The van der Waals surface area contributed by atoms with Gasteiger partial charge in [0.25, 0.3) is 5.91 Å². The molecule has 0 bridgehead atoms. The Bertz CT molecular complexity index is 688. The number of amides is 1. The second kappa shape index (κ2) is 3.93. The molecule has 2 aliphatic carbocycles. The highest BCUT2D eigenvalue weighted by Crippen LogP contribution is 2.36. The maximum Gasteiger partial charge on any atom is 0.263 e. The van der Waals surface area contributed by atoms with E-state index in [4.69, 9.17) is 5.73 Å². The fraction of sp³-hybridized carbons (Fsp3) is 0.429. The van der Waals surface area contributed by atoms with E-state index >= 15 is 0 Å². The van der Waals surface area contributed by atoms with Crippen LogP contribution in [0.2, 0.25) is 0 Å². The third-order valence-corrected chi connectivity index (χ3v) is 4.98. The van der Waals surface area contributed by atoms with Crippen molar-refractivity contribution in [1.29, 1.82) is 0 Å². The van der Waals surface area contributed by atoms with Gasteiger partial charge < -0.3 is 11.1 Å². The molecule has 2 aromatic rings. The molecule has 3 N–H and O–H groups in total. The minimum absolute atomic E-state index is 0.0387. The maximum absolute atomic E-state index is 12.1. The summed E-state index contributed by atoms with van der Waals surface area (Å²) in [5.74, 6) is -0.0387. The molecule has 2 aliphatic rings. The first-order chi connectivity index (χ1) is 9.22. The number of hydrogen-bond donors (Lipinski definition) is 2. The van der Waals surface area contributed by atoms with Gasteiger partial charge in [0.2, 0.25) is 0 Å². The van der Waals surface area contributed by atoms with Gasteiger partial charge >= 0.3 is 0 Å². The van der Waals surface area contributed by atoms with E-state index in [-0.39, 0.29) is 5.91 Å². The monoisotopic (exact) mass is 273 g/mol. The molecule has 5 heteroatoms. The SMILES string of the molecule is Nc1c(C(=O)NC2CC2)sc2nc3c(cc12)CCC3. The Morgan fingerprint density at radius 1 is 1.42 bits per heavy atom. The zero-order valence-electron chi connectivity index (χ0n) is 10.5. The summed E-state index contributed by atoms with van der Waals surface area (Å²) in [6.07, 6.45) is 5.48. The quantitative estimate of drug-likeness (QED) is 0.882. The van der Waals surface area contributed by atoms with Gasteiger partial charge in [0.05, 0.1) is 5.69 Å². The molecule has 1 saturated carbocycles. The van der Waals surface area contributed by atoms with Crippen LogP contribution >= 0.6 is 11.3 Å². The number of hydrogen-bond acceptors (Lipinski definition) is 4. The number of anilines is 1. The van der Waals surface area contributed by atoms with Gasteiger partial charge in [0, 0.05) is 17.1 Å². The molecule has 0 saturated heterocycles. The molecule has 4 rings (SSSR count). The highest BCUT2D eigenvalue weighted by Gasteiger charge is 2.27. The number of fused-ring (bicyclic) bond motifs is 2. The number of rotatable bonds is 2. The van der Waals surface area contributed by atoms with Crippen molar-refractivity contribution < 1.29 is 4.79 Å². The third kappa shape index (κ3) is 1.80. The Morgan fingerprint density at radius 2 is 2.26 bits per heavy atom. The van der Waals surface area contributed by atoms with Crippen LogP contribution < -0.4 is 11.1 Å². The minimum atomic E-state index is -0.0387. The first-order valence-electron chi connectivity index (χ1n) is 6.74. The predicted molar refractivity (Wildman–Crippen MR) is 76.5 cm³/mol. The largest absolute Gasteiger partial charge is 0.397 e. The lowest BCUT2D eigenvalue weighted by atomic mass is 10.1. The summed E-state index contributed by atoms with van der Waals surface area (Å²) in [6, 6.07) is 2.49. The molecule has 0 atom stereocenters. The fourth-order valence-corrected chi connectivity index (χ4v) is 3.64. The molecule has 2 aromatic heterocycles. The molecule has 2 heterocycles. The summed E-state index contributed by atoms with van der Waals surface area (Å²) in [5.41, 5.74) is 9.22. The maximum atomic E-state index is 12.1. The van der Waals surface area contributed by atoms with E-state index in [1.54, 1.807) is 0 Å². The predicted octanol–water partition coefficient (Wildman–Crippen LogP) is 2.26. The molecule has 0 radical (unpaired) electrons. The van der Waals surface area contributed by atoms with E-state index in [1.807, 2.05) is 0 Å². The van der Waals surface area contributed by atoms with E-state index in [1.165, 1.54) is 29.0 Å². The van der Waals surface area contributed by atoms with Crippen LogP contribution in [0.5, 0.6) is 0 Å². The second-order valence-electron chi connectivity index (χ2n) is 5.39. The van der Waals surface area contributed by atoms with Gasteiger partial charge in [-0.2, -0.15) is 0 Å². The zero-order valence-corrected chi connectivity index (χ0v) is 11.3. The molecule has 0 aliphatic heterocycles. The lowest BCUT2D eigenvalue weighted by Crippen LogP contribution is -2.25. The number of thiophene rings is 1. The number of nitrogens with two attached hydrogens (primary N) is 1. The van der Waals surface area contributed by atoms with Crippen molar-refractivity contribution in [2.75, 3.05) is 5.73 Å². The van der Waals surface area contributed by atoms with Gasteiger partial charge in [0.15, 0.2) is 0 Å². The van der Waals surface area contributed by atoms with E-state index in [9.17, 15) is 4.79 Å². The Balaban J connectivity index is 1.79. The third-order valence-electron chi connectivity index (χ3n) is 3.87. The number of nitrogen functional groups attached to an aromatic ring is 1. The number of aromatic nitrogens is 1. The van der Waals surface area contributed by atoms with Gasteiger partial charge in [-0.3, -0.25) is 4.79 Å². The number of nitrogens with zero attached hydrogens (tertiary/aromatic N) is 1. The topological polar surface area (TPSA) is 68.0 Å². The zero-order chi connectivity index (χ0) is 13.0. The minimum Gasteiger partial charge on any atom is -0.397 e. The first kappa shape index (κ1) is 11.2. The number of nitrogens with one attached hydrogen (secondary N) is 1. The van der Waals surface area contributed by atoms with Gasteiger partial charge in [-0.05, 0) is 43.7 Å². The number of carbonyl (C=O) groups excluding carboxylic acids is 1. The molecule has 0 aromatic carbocycles.